The first-order valence-electron chi connectivity index (χ1n) is 9.31. The molecule has 1 N–H and O–H groups in total. The topological polar surface area (TPSA) is 66.5 Å². The fourth-order valence-electron chi connectivity index (χ4n) is 3.22. The summed E-state index contributed by atoms with van der Waals surface area (Å²) >= 11 is 6.13. The van der Waals surface area contributed by atoms with Crippen LogP contribution in [0.4, 0.5) is 8.78 Å². The molecule has 5 nitrogen and oxygen atoms in total. The summed E-state index contributed by atoms with van der Waals surface area (Å²) in [6.45, 7) is 0.584. The van der Waals surface area contributed by atoms with Crippen molar-refractivity contribution in [1.82, 2.24) is 9.62 Å². The molecule has 1 fully saturated rings. The van der Waals surface area contributed by atoms with Crippen LogP contribution in [0.3, 0.4) is 0 Å². The predicted octanol–water partition coefficient (Wildman–Crippen LogP) is 4.11. The Morgan fingerprint density at radius 1 is 1.03 bits per heavy atom. The number of amides is 1. The van der Waals surface area contributed by atoms with E-state index in [4.69, 9.17) is 11.6 Å². The second-order valence-electron chi connectivity index (χ2n) is 6.88. The predicted molar refractivity (Wildman–Crippen MR) is 106 cm³/mol. The molecule has 0 atom stereocenters. The molecule has 0 aliphatic carbocycles. The second-order valence-corrected chi connectivity index (χ2v) is 9.20. The molecule has 1 amide bonds. The van der Waals surface area contributed by atoms with Crippen molar-refractivity contribution < 1.29 is 22.0 Å². The van der Waals surface area contributed by atoms with E-state index < -0.39 is 27.6 Å². The average molecular weight is 443 g/mol. The van der Waals surface area contributed by atoms with Crippen LogP contribution in [0, 0.1) is 11.6 Å². The van der Waals surface area contributed by atoms with E-state index in [1.807, 2.05) is 0 Å². The normalized spacial score (nSPS) is 15.7. The van der Waals surface area contributed by atoms with Crippen molar-refractivity contribution in [2.75, 3.05) is 13.1 Å². The molecular weight excluding hydrogens is 422 g/mol. The van der Waals surface area contributed by atoms with E-state index in [1.165, 1.54) is 22.5 Å². The van der Waals surface area contributed by atoms with Gasteiger partial charge in [-0.25, -0.2) is 17.2 Å². The lowest BCUT2D eigenvalue weighted by molar-refractivity contribution is 0.0950. The first-order valence-corrected chi connectivity index (χ1v) is 11.1. The molecule has 0 radical (unpaired) electrons. The Morgan fingerprint density at radius 3 is 2.41 bits per heavy atom. The van der Waals surface area contributed by atoms with Crippen molar-refractivity contribution in [3.05, 3.63) is 64.2 Å². The largest absolute Gasteiger partial charge is 0.348 e. The SMILES string of the molecule is O=C(NCc1cc(F)ccc1F)c1ccc(Cl)c(S(=O)(=O)N2CCCCCC2)c1. The van der Waals surface area contributed by atoms with Gasteiger partial charge < -0.3 is 5.32 Å². The number of hydrogen-bond donors (Lipinski definition) is 1. The van der Waals surface area contributed by atoms with Gasteiger partial charge in [-0.05, 0) is 49.2 Å². The lowest BCUT2D eigenvalue weighted by Gasteiger charge is -2.21. The Kier molecular flexibility index (Phi) is 6.87. The summed E-state index contributed by atoms with van der Waals surface area (Å²) in [7, 11) is -3.84. The van der Waals surface area contributed by atoms with Crippen LogP contribution in [0.2, 0.25) is 5.02 Å². The smallest absolute Gasteiger partial charge is 0.251 e. The van der Waals surface area contributed by atoms with Crippen molar-refractivity contribution in [3.63, 3.8) is 0 Å². The van der Waals surface area contributed by atoms with Crippen LogP contribution in [-0.4, -0.2) is 31.7 Å². The summed E-state index contributed by atoms with van der Waals surface area (Å²) in [6.07, 6.45) is 3.49. The first kappa shape index (κ1) is 21.7. The second kappa shape index (κ2) is 9.19. The molecule has 0 bridgehead atoms. The van der Waals surface area contributed by atoms with E-state index in [0.717, 1.165) is 43.9 Å². The highest BCUT2D eigenvalue weighted by Crippen LogP contribution is 2.27. The van der Waals surface area contributed by atoms with Gasteiger partial charge in [-0.1, -0.05) is 24.4 Å². The number of nitrogens with one attached hydrogen (secondary N) is 1. The molecule has 1 heterocycles. The van der Waals surface area contributed by atoms with Gasteiger partial charge in [-0.3, -0.25) is 4.79 Å². The number of nitrogens with zero attached hydrogens (tertiary/aromatic N) is 1. The first-order chi connectivity index (χ1) is 13.8. The monoisotopic (exact) mass is 442 g/mol. The molecule has 29 heavy (non-hydrogen) atoms. The number of rotatable bonds is 5. The lowest BCUT2D eigenvalue weighted by atomic mass is 10.2. The van der Waals surface area contributed by atoms with E-state index in [-0.39, 0.29) is 27.6 Å². The summed E-state index contributed by atoms with van der Waals surface area (Å²) in [6, 6.07) is 6.92. The van der Waals surface area contributed by atoms with Crippen molar-refractivity contribution in [2.24, 2.45) is 0 Å². The van der Waals surface area contributed by atoms with Gasteiger partial charge in [0.25, 0.3) is 5.91 Å². The van der Waals surface area contributed by atoms with E-state index in [1.54, 1.807) is 0 Å². The Bertz CT molecular complexity index is 1010. The molecule has 0 unspecified atom stereocenters. The lowest BCUT2D eigenvalue weighted by Crippen LogP contribution is -2.32. The minimum absolute atomic E-state index is 0.00951. The van der Waals surface area contributed by atoms with Crippen LogP contribution in [0.25, 0.3) is 0 Å². The summed E-state index contributed by atoms with van der Waals surface area (Å²) in [5.41, 5.74) is 0.0596. The Balaban J connectivity index is 1.80. The number of sulfonamides is 1. The highest BCUT2D eigenvalue weighted by molar-refractivity contribution is 7.89. The van der Waals surface area contributed by atoms with Crippen LogP contribution in [-0.2, 0) is 16.6 Å². The van der Waals surface area contributed by atoms with Gasteiger partial charge in [0.2, 0.25) is 10.0 Å². The number of halogens is 3. The zero-order valence-corrected chi connectivity index (χ0v) is 17.2. The summed E-state index contributed by atoms with van der Waals surface area (Å²) in [5.74, 6) is -1.88. The molecule has 1 aliphatic rings. The van der Waals surface area contributed by atoms with Crippen molar-refractivity contribution >= 4 is 27.5 Å². The molecule has 1 aliphatic heterocycles. The molecule has 0 aromatic heterocycles. The number of hydrogen-bond acceptors (Lipinski definition) is 3. The molecule has 9 heteroatoms. The molecule has 156 valence electrons. The van der Waals surface area contributed by atoms with Crippen LogP contribution in [0.15, 0.2) is 41.3 Å². The van der Waals surface area contributed by atoms with E-state index in [2.05, 4.69) is 5.32 Å². The minimum atomic E-state index is -3.84. The van der Waals surface area contributed by atoms with Gasteiger partial charge in [0.05, 0.1) is 5.02 Å². The fraction of sp³-hybridized carbons (Fsp3) is 0.350. The van der Waals surface area contributed by atoms with Crippen LogP contribution >= 0.6 is 11.6 Å². The van der Waals surface area contributed by atoms with Crippen molar-refractivity contribution in [3.8, 4) is 0 Å². The molecule has 2 aromatic rings. The van der Waals surface area contributed by atoms with Gasteiger partial charge in [0.15, 0.2) is 0 Å². The van der Waals surface area contributed by atoms with E-state index in [0.29, 0.717) is 13.1 Å². The van der Waals surface area contributed by atoms with Crippen LogP contribution in [0.1, 0.15) is 41.6 Å². The maximum atomic E-state index is 13.7. The average Bonchev–Trinajstić information content (AvgIpc) is 2.99. The van der Waals surface area contributed by atoms with Gasteiger partial charge in [0.1, 0.15) is 16.5 Å². The van der Waals surface area contributed by atoms with E-state index >= 15 is 0 Å². The third kappa shape index (κ3) is 5.12. The Morgan fingerprint density at radius 2 is 1.72 bits per heavy atom. The minimum Gasteiger partial charge on any atom is -0.348 e. The molecule has 0 saturated carbocycles. The maximum absolute atomic E-state index is 13.7. The van der Waals surface area contributed by atoms with Crippen molar-refractivity contribution in [2.45, 2.75) is 37.1 Å². The highest BCUT2D eigenvalue weighted by atomic mass is 35.5. The highest BCUT2D eigenvalue weighted by Gasteiger charge is 2.28. The summed E-state index contributed by atoms with van der Waals surface area (Å²) in [4.78, 5) is 12.3. The standard InChI is InChI=1S/C20H21ClF2N2O3S/c21-17-7-5-14(20(26)24-13-15-11-16(22)6-8-18(15)23)12-19(17)29(27,28)25-9-3-1-2-4-10-25/h5-8,11-12H,1-4,9-10,13H2,(H,24,26). The van der Waals surface area contributed by atoms with Crippen LogP contribution < -0.4 is 5.32 Å². The molecular formula is C20H21ClF2N2O3S. The summed E-state index contributed by atoms with van der Waals surface area (Å²) < 4.78 is 54.4. The van der Waals surface area contributed by atoms with Gasteiger partial charge in [-0.2, -0.15) is 4.31 Å². The van der Waals surface area contributed by atoms with Crippen LogP contribution in [0.5, 0.6) is 0 Å². The third-order valence-electron chi connectivity index (χ3n) is 4.82. The molecule has 1 saturated heterocycles. The number of carbonyl (C=O) groups is 1. The third-order valence-corrected chi connectivity index (χ3v) is 7.20. The molecule has 0 spiro atoms. The zero-order chi connectivity index (χ0) is 21.0. The molecule has 3 rings (SSSR count). The Hall–Kier alpha value is -2.03. The van der Waals surface area contributed by atoms with Gasteiger partial charge in [0, 0.05) is 30.8 Å². The fourth-order valence-corrected chi connectivity index (χ4v) is 5.24. The quantitative estimate of drug-likeness (QED) is 0.757. The number of benzene rings is 2. The number of carbonyl (C=O) groups excluding carboxylic acids is 1. The van der Waals surface area contributed by atoms with Gasteiger partial charge in [-0.15, -0.1) is 0 Å². The van der Waals surface area contributed by atoms with Crippen molar-refractivity contribution in [1.29, 1.82) is 0 Å². The zero-order valence-electron chi connectivity index (χ0n) is 15.6. The molecule has 2 aromatic carbocycles. The van der Waals surface area contributed by atoms with Gasteiger partial charge >= 0.3 is 0 Å². The Labute approximate surface area is 173 Å². The maximum Gasteiger partial charge on any atom is 0.251 e. The summed E-state index contributed by atoms with van der Waals surface area (Å²) in [5, 5.41) is 2.50. The van der Waals surface area contributed by atoms with E-state index in [9.17, 15) is 22.0 Å².